The van der Waals surface area contributed by atoms with Crippen molar-refractivity contribution in [3.8, 4) is 45.0 Å². The van der Waals surface area contributed by atoms with Crippen LogP contribution in [-0.2, 0) is 6.42 Å². The molecular weight excluding hydrogens is 739 g/mol. The van der Waals surface area contributed by atoms with E-state index in [9.17, 15) is 0 Å². The van der Waals surface area contributed by atoms with Gasteiger partial charge in [-0.25, -0.2) is 4.98 Å². The number of para-hydroxylation sites is 1. The van der Waals surface area contributed by atoms with E-state index in [1.54, 1.807) is 0 Å². The Morgan fingerprint density at radius 2 is 1.11 bits per heavy atom. The molecule has 0 atom stereocenters. The van der Waals surface area contributed by atoms with Crippen LogP contribution in [0.1, 0.15) is 56.9 Å². The number of hydrogen-bond acceptors (Lipinski definition) is 1. The van der Waals surface area contributed by atoms with Gasteiger partial charge in [-0.3, -0.25) is 4.57 Å². The lowest BCUT2D eigenvalue weighted by molar-refractivity contribution is 0.934. The molecule has 8 aromatic carbocycles. The molecular formula is C58H49N3. The maximum absolute atomic E-state index is 5.78. The van der Waals surface area contributed by atoms with Crippen LogP contribution in [0.15, 0.2) is 182 Å². The van der Waals surface area contributed by atoms with Gasteiger partial charge in [0, 0.05) is 45.5 Å². The third kappa shape index (κ3) is 6.86. The minimum atomic E-state index is 0.908. The highest BCUT2D eigenvalue weighted by atomic mass is 15.1. The number of benzene rings is 8. The predicted octanol–water partition coefficient (Wildman–Crippen LogP) is 16.1. The summed E-state index contributed by atoms with van der Waals surface area (Å²) in [5.41, 5.74) is 13.9. The Labute approximate surface area is 358 Å². The van der Waals surface area contributed by atoms with Crippen LogP contribution in [0.4, 0.5) is 0 Å². The Bertz CT molecular complexity index is 3270. The minimum absolute atomic E-state index is 0.908. The fourth-order valence-electron chi connectivity index (χ4n) is 9.18. The Hall–Kier alpha value is -7.23. The average Bonchev–Trinajstić information content (AvgIpc) is 3.88. The van der Waals surface area contributed by atoms with E-state index in [4.69, 9.17) is 4.98 Å². The molecule has 0 bridgehead atoms. The summed E-state index contributed by atoms with van der Waals surface area (Å²) in [4.78, 5) is 5.78. The van der Waals surface area contributed by atoms with Crippen LogP contribution in [0.2, 0.25) is 0 Å². The third-order valence-electron chi connectivity index (χ3n) is 12.1. The van der Waals surface area contributed by atoms with Crippen molar-refractivity contribution in [1.29, 1.82) is 0 Å². The van der Waals surface area contributed by atoms with Gasteiger partial charge in [0.15, 0.2) is 0 Å². The van der Waals surface area contributed by atoms with Gasteiger partial charge in [-0.05, 0) is 117 Å². The van der Waals surface area contributed by atoms with Crippen molar-refractivity contribution in [2.24, 2.45) is 0 Å². The van der Waals surface area contributed by atoms with E-state index in [-0.39, 0.29) is 0 Å². The van der Waals surface area contributed by atoms with Crippen LogP contribution in [0.5, 0.6) is 0 Å². The minimum Gasteiger partial charge on any atom is -0.320 e. The number of fused-ring (bicyclic) bond motifs is 4. The first-order valence-electron chi connectivity index (χ1n) is 21.8. The molecule has 10 rings (SSSR count). The molecule has 0 saturated heterocycles. The van der Waals surface area contributed by atoms with Gasteiger partial charge < -0.3 is 4.57 Å². The molecule has 296 valence electrons. The lowest BCUT2D eigenvalue weighted by Gasteiger charge is -2.18. The van der Waals surface area contributed by atoms with Crippen LogP contribution in [0, 0.1) is 0 Å². The van der Waals surface area contributed by atoms with Crippen molar-refractivity contribution < 1.29 is 0 Å². The van der Waals surface area contributed by atoms with Crippen molar-refractivity contribution in [3.05, 3.63) is 199 Å². The molecule has 2 heterocycles. The smallest absolute Gasteiger partial charge is 0.145 e. The van der Waals surface area contributed by atoms with Crippen LogP contribution in [-0.4, -0.2) is 14.1 Å². The van der Waals surface area contributed by atoms with E-state index in [1.165, 1.54) is 60.3 Å². The van der Waals surface area contributed by atoms with Crippen LogP contribution in [0.3, 0.4) is 0 Å². The Balaban J connectivity index is 1.26. The van der Waals surface area contributed by atoms with Crippen molar-refractivity contribution in [2.45, 2.75) is 46.5 Å². The fraction of sp³-hybridized carbons (Fsp3) is 0.121. The molecule has 61 heavy (non-hydrogen) atoms. The summed E-state index contributed by atoms with van der Waals surface area (Å²) in [6.45, 7) is 6.69. The summed E-state index contributed by atoms with van der Waals surface area (Å²) >= 11 is 0. The molecule has 2 aromatic heterocycles. The second kappa shape index (κ2) is 16.4. The topological polar surface area (TPSA) is 22.8 Å². The number of imidazole rings is 1. The fourth-order valence-corrected chi connectivity index (χ4v) is 9.18. The zero-order valence-electron chi connectivity index (χ0n) is 35.1. The maximum atomic E-state index is 5.78. The normalized spacial score (nSPS) is 12.0. The molecule has 0 aliphatic rings. The monoisotopic (exact) mass is 787 g/mol. The molecule has 0 aliphatic heterocycles. The van der Waals surface area contributed by atoms with Gasteiger partial charge in [-0.2, -0.15) is 0 Å². The highest BCUT2D eigenvalue weighted by Crippen LogP contribution is 2.47. The zero-order chi connectivity index (χ0) is 41.3. The standard InChI is InChI=1S/C58H49N3/c1-4-7-10-23-47-39-60(53(6-3)50(47)26-8-5-2)48-35-33-42(34-36-48)58-59-56-54(45-31-29-40-19-13-15-21-43(40)37-45)51-27-17-18-28-52(51)55(57(56)61(58)49-24-11-9-12-25-49)46-32-30-41-20-14-16-22-44(41)38-46/h8-39H,4-7H2,1-3H3/b23-10-,26-8-. The van der Waals surface area contributed by atoms with E-state index in [0.29, 0.717) is 0 Å². The molecule has 0 amide bonds. The lowest BCUT2D eigenvalue weighted by Crippen LogP contribution is -2.01. The first-order valence-corrected chi connectivity index (χ1v) is 21.8. The first-order chi connectivity index (χ1) is 30.1. The quantitative estimate of drug-likeness (QED) is 0.128. The summed E-state index contributed by atoms with van der Waals surface area (Å²) in [5, 5.41) is 7.26. The highest BCUT2D eigenvalue weighted by molar-refractivity contribution is 6.21. The average molecular weight is 788 g/mol. The molecule has 0 N–H and O–H groups in total. The maximum Gasteiger partial charge on any atom is 0.145 e. The zero-order valence-corrected chi connectivity index (χ0v) is 35.1. The second-order valence-corrected chi connectivity index (χ2v) is 15.9. The Kier molecular flexibility index (Phi) is 10.2. The highest BCUT2D eigenvalue weighted by Gasteiger charge is 2.25. The van der Waals surface area contributed by atoms with Gasteiger partial charge >= 0.3 is 0 Å². The van der Waals surface area contributed by atoms with E-state index < -0.39 is 0 Å². The number of aromatic nitrogens is 3. The third-order valence-corrected chi connectivity index (χ3v) is 12.1. The summed E-state index contributed by atoms with van der Waals surface area (Å²) < 4.78 is 4.79. The van der Waals surface area contributed by atoms with Crippen LogP contribution >= 0.6 is 0 Å². The van der Waals surface area contributed by atoms with Gasteiger partial charge in [0.2, 0.25) is 0 Å². The molecule has 3 nitrogen and oxygen atoms in total. The van der Waals surface area contributed by atoms with Crippen molar-refractivity contribution >= 4 is 55.5 Å². The van der Waals surface area contributed by atoms with E-state index in [2.05, 4.69) is 224 Å². The van der Waals surface area contributed by atoms with Gasteiger partial charge in [0.25, 0.3) is 0 Å². The van der Waals surface area contributed by atoms with Crippen molar-refractivity contribution in [2.75, 3.05) is 0 Å². The SMILES string of the molecule is CC/C=C\c1c(/C=C\CCC)cn(-c2ccc(-c3nc4c(-c5ccc6ccccc6c5)c5ccccc5c(-c5ccc6ccccc6c5)c4n3-c3ccccc3)cc2)c1CC. The summed E-state index contributed by atoms with van der Waals surface area (Å²) in [6.07, 6.45) is 15.6. The molecule has 0 radical (unpaired) electrons. The molecule has 3 heteroatoms. The molecule has 0 saturated carbocycles. The summed E-state index contributed by atoms with van der Waals surface area (Å²) in [6, 6.07) is 59.7. The van der Waals surface area contributed by atoms with Gasteiger partial charge in [0.1, 0.15) is 5.82 Å². The van der Waals surface area contributed by atoms with Gasteiger partial charge in [0.05, 0.1) is 11.0 Å². The predicted molar refractivity (Wildman–Crippen MR) is 262 cm³/mol. The van der Waals surface area contributed by atoms with Crippen molar-refractivity contribution in [3.63, 3.8) is 0 Å². The van der Waals surface area contributed by atoms with Gasteiger partial charge in [-0.15, -0.1) is 0 Å². The molecule has 10 aromatic rings. The largest absolute Gasteiger partial charge is 0.320 e. The molecule has 0 fully saturated rings. The van der Waals surface area contributed by atoms with E-state index >= 15 is 0 Å². The summed E-state index contributed by atoms with van der Waals surface area (Å²) in [5.74, 6) is 0.908. The number of allylic oxidation sites excluding steroid dienone is 2. The number of rotatable bonds is 11. The number of unbranched alkanes of at least 4 members (excludes halogenated alkanes) is 1. The molecule has 0 aliphatic carbocycles. The Morgan fingerprint density at radius 3 is 1.75 bits per heavy atom. The lowest BCUT2D eigenvalue weighted by atomic mass is 9.89. The Morgan fingerprint density at radius 1 is 0.525 bits per heavy atom. The molecule has 0 unspecified atom stereocenters. The number of nitrogens with zero attached hydrogens (tertiary/aromatic N) is 3. The van der Waals surface area contributed by atoms with E-state index in [1.807, 2.05) is 0 Å². The van der Waals surface area contributed by atoms with Crippen LogP contribution < -0.4 is 0 Å². The second-order valence-electron chi connectivity index (χ2n) is 15.9. The van der Waals surface area contributed by atoms with E-state index in [0.717, 1.165) is 70.6 Å². The first kappa shape index (κ1) is 38.0. The summed E-state index contributed by atoms with van der Waals surface area (Å²) in [7, 11) is 0. The number of hydrogen-bond donors (Lipinski definition) is 0. The molecule has 0 spiro atoms. The van der Waals surface area contributed by atoms with Gasteiger partial charge in [-0.1, -0.05) is 167 Å². The van der Waals surface area contributed by atoms with Crippen molar-refractivity contribution in [1.82, 2.24) is 14.1 Å². The van der Waals surface area contributed by atoms with Crippen LogP contribution in [0.25, 0.3) is 101 Å².